The van der Waals surface area contributed by atoms with Crippen LogP contribution in [0.1, 0.15) is 10.4 Å². The smallest absolute Gasteiger partial charge is 0.331 e. The first kappa shape index (κ1) is 14.6. The third kappa shape index (κ3) is 3.02. The maximum absolute atomic E-state index is 12.5. The lowest BCUT2D eigenvalue weighted by Gasteiger charge is -2.33. The highest BCUT2D eigenvalue weighted by molar-refractivity contribution is 6.31. The number of nitrogen functional groups attached to an aromatic ring is 1. The molecule has 1 aromatic rings. The molecule has 1 aliphatic rings. The second kappa shape index (κ2) is 6.11. The van der Waals surface area contributed by atoms with Gasteiger partial charge in [0.2, 0.25) is 0 Å². The number of carbonyl (C=O) groups is 2. The minimum absolute atomic E-state index is 0.120. The van der Waals surface area contributed by atoms with Crippen molar-refractivity contribution in [1.29, 1.82) is 0 Å². The summed E-state index contributed by atoms with van der Waals surface area (Å²) in [5.74, 6) is -0.828. The predicted octanol–water partition coefficient (Wildman–Crippen LogP) is 0.936. The Morgan fingerprint density at radius 2 is 2.20 bits per heavy atom. The summed E-state index contributed by atoms with van der Waals surface area (Å²) in [4.78, 5) is 25.6. The number of carbonyl (C=O) groups excluding carboxylic acids is 2. The topological polar surface area (TPSA) is 81.9 Å². The fourth-order valence-corrected chi connectivity index (χ4v) is 2.32. The number of esters is 1. The first-order chi connectivity index (χ1) is 9.52. The number of halogens is 1. The molecule has 1 fully saturated rings. The van der Waals surface area contributed by atoms with Gasteiger partial charge >= 0.3 is 5.97 Å². The molecule has 0 saturated carbocycles. The highest BCUT2D eigenvalue weighted by Gasteiger charge is 2.34. The van der Waals surface area contributed by atoms with Crippen molar-refractivity contribution in [3.8, 4) is 0 Å². The van der Waals surface area contributed by atoms with Crippen LogP contribution in [-0.4, -0.2) is 49.7 Å². The monoisotopic (exact) mass is 298 g/mol. The van der Waals surface area contributed by atoms with Crippen molar-refractivity contribution in [3.05, 3.63) is 28.8 Å². The Bertz CT molecular complexity index is 515. The normalized spacial score (nSPS) is 18.7. The molecule has 0 aliphatic carbocycles. The van der Waals surface area contributed by atoms with Gasteiger partial charge in [0.05, 0.1) is 20.3 Å². The molecule has 2 rings (SSSR count). The van der Waals surface area contributed by atoms with Gasteiger partial charge in [0.1, 0.15) is 0 Å². The van der Waals surface area contributed by atoms with Gasteiger partial charge in [0.15, 0.2) is 6.04 Å². The number of anilines is 1. The lowest BCUT2D eigenvalue weighted by molar-refractivity contribution is -0.151. The zero-order valence-electron chi connectivity index (χ0n) is 11.0. The highest BCUT2D eigenvalue weighted by atomic mass is 35.5. The largest absolute Gasteiger partial charge is 0.467 e. The number of benzene rings is 1. The van der Waals surface area contributed by atoms with Gasteiger partial charge < -0.3 is 20.1 Å². The van der Waals surface area contributed by atoms with E-state index in [1.807, 2.05) is 0 Å². The summed E-state index contributed by atoms with van der Waals surface area (Å²) in [5, 5.41) is 0.372. The third-order valence-electron chi connectivity index (χ3n) is 3.03. The number of nitrogens with zero attached hydrogens (tertiary/aromatic N) is 1. The molecule has 0 spiro atoms. The molecule has 108 valence electrons. The highest BCUT2D eigenvalue weighted by Crippen LogP contribution is 2.20. The number of ether oxygens (including phenoxy) is 2. The molecule has 0 bridgehead atoms. The molecule has 6 nitrogen and oxygen atoms in total. The van der Waals surface area contributed by atoms with Gasteiger partial charge in [-0.15, -0.1) is 0 Å². The second-order valence-electron chi connectivity index (χ2n) is 4.39. The molecule has 1 aliphatic heterocycles. The van der Waals surface area contributed by atoms with Crippen LogP contribution in [-0.2, 0) is 14.3 Å². The van der Waals surface area contributed by atoms with E-state index in [1.165, 1.54) is 24.1 Å². The first-order valence-corrected chi connectivity index (χ1v) is 6.43. The Morgan fingerprint density at radius 1 is 1.45 bits per heavy atom. The molecule has 1 aromatic carbocycles. The number of hydrogen-bond donors (Lipinski definition) is 1. The van der Waals surface area contributed by atoms with E-state index in [2.05, 4.69) is 4.74 Å². The molecule has 2 N–H and O–H groups in total. The predicted molar refractivity (Wildman–Crippen MR) is 73.5 cm³/mol. The van der Waals surface area contributed by atoms with Crippen LogP contribution < -0.4 is 5.73 Å². The summed E-state index contributed by atoms with van der Waals surface area (Å²) in [7, 11) is 1.27. The van der Waals surface area contributed by atoms with E-state index in [0.717, 1.165) is 0 Å². The van der Waals surface area contributed by atoms with Crippen LogP contribution >= 0.6 is 11.6 Å². The van der Waals surface area contributed by atoms with Crippen molar-refractivity contribution >= 4 is 29.2 Å². The molecule has 7 heteroatoms. The van der Waals surface area contributed by atoms with Crippen LogP contribution in [0.25, 0.3) is 0 Å². The Morgan fingerprint density at radius 3 is 2.85 bits per heavy atom. The van der Waals surface area contributed by atoms with E-state index in [1.54, 1.807) is 6.07 Å². The molecule has 0 radical (unpaired) electrons. The fourth-order valence-electron chi connectivity index (χ4n) is 2.08. The van der Waals surface area contributed by atoms with Crippen LogP contribution in [0.15, 0.2) is 18.2 Å². The summed E-state index contributed by atoms with van der Waals surface area (Å²) < 4.78 is 9.91. The summed E-state index contributed by atoms with van der Waals surface area (Å²) in [5.41, 5.74) is 6.41. The Kier molecular flexibility index (Phi) is 4.46. The van der Waals surface area contributed by atoms with Crippen molar-refractivity contribution in [1.82, 2.24) is 4.90 Å². The van der Waals surface area contributed by atoms with E-state index in [4.69, 9.17) is 22.1 Å². The van der Waals surface area contributed by atoms with Crippen LogP contribution in [0.5, 0.6) is 0 Å². The SMILES string of the molecule is COC(=O)C1COCCN1C(=O)c1cc(N)cc(Cl)c1. The van der Waals surface area contributed by atoms with E-state index in [0.29, 0.717) is 29.4 Å². The summed E-state index contributed by atoms with van der Waals surface area (Å²) >= 11 is 5.89. The number of rotatable bonds is 2. The van der Waals surface area contributed by atoms with Gasteiger partial charge in [-0.1, -0.05) is 11.6 Å². The second-order valence-corrected chi connectivity index (χ2v) is 4.82. The minimum Gasteiger partial charge on any atom is -0.467 e. The van der Waals surface area contributed by atoms with Crippen molar-refractivity contribution in [2.24, 2.45) is 0 Å². The van der Waals surface area contributed by atoms with Crippen molar-refractivity contribution in [3.63, 3.8) is 0 Å². The fraction of sp³-hybridized carbons (Fsp3) is 0.385. The Hall–Kier alpha value is -1.79. The average Bonchev–Trinajstić information content (AvgIpc) is 2.44. The zero-order valence-corrected chi connectivity index (χ0v) is 11.7. The summed E-state index contributed by atoms with van der Waals surface area (Å²) in [6.45, 7) is 0.800. The van der Waals surface area contributed by atoms with Crippen LogP contribution in [0, 0.1) is 0 Å². The minimum atomic E-state index is -0.749. The Balaban J connectivity index is 2.27. The van der Waals surface area contributed by atoms with Crippen molar-refractivity contribution in [2.45, 2.75) is 6.04 Å². The van der Waals surface area contributed by atoms with Gasteiger partial charge in [-0.3, -0.25) is 4.79 Å². The summed E-state index contributed by atoms with van der Waals surface area (Å²) in [6, 6.07) is 3.85. The number of amides is 1. The number of methoxy groups -OCH3 is 1. The average molecular weight is 299 g/mol. The van der Waals surface area contributed by atoms with Gasteiger partial charge in [0.25, 0.3) is 5.91 Å². The third-order valence-corrected chi connectivity index (χ3v) is 3.25. The Labute approximate surface area is 121 Å². The summed E-state index contributed by atoms with van der Waals surface area (Å²) in [6.07, 6.45) is 0. The molecule has 0 aromatic heterocycles. The number of hydrogen-bond acceptors (Lipinski definition) is 5. The van der Waals surface area contributed by atoms with Crippen molar-refractivity contribution < 1.29 is 19.1 Å². The lowest BCUT2D eigenvalue weighted by atomic mass is 10.1. The zero-order chi connectivity index (χ0) is 14.7. The van der Waals surface area contributed by atoms with E-state index in [9.17, 15) is 9.59 Å². The lowest BCUT2D eigenvalue weighted by Crippen LogP contribution is -2.53. The number of nitrogens with two attached hydrogens (primary N) is 1. The first-order valence-electron chi connectivity index (χ1n) is 6.05. The standard InChI is InChI=1S/C13H15ClN2O4/c1-19-13(18)11-7-20-3-2-16(11)12(17)8-4-9(14)6-10(15)5-8/h4-6,11H,2-3,7,15H2,1H3. The molecule has 20 heavy (non-hydrogen) atoms. The number of morpholine rings is 1. The van der Waals surface area contributed by atoms with Crippen molar-refractivity contribution in [2.75, 3.05) is 32.6 Å². The quantitative estimate of drug-likeness (QED) is 0.649. The van der Waals surface area contributed by atoms with E-state index < -0.39 is 12.0 Å². The maximum Gasteiger partial charge on any atom is 0.331 e. The molecule has 1 saturated heterocycles. The molecule has 1 amide bonds. The van der Waals surface area contributed by atoms with E-state index >= 15 is 0 Å². The molecule has 1 heterocycles. The van der Waals surface area contributed by atoms with Gasteiger partial charge in [0, 0.05) is 22.8 Å². The maximum atomic E-state index is 12.5. The van der Waals surface area contributed by atoms with Crippen LogP contribution in [0.2, 0.25) is 5.02 Å². The molecule has 1 unspecified atom stereocenters. The van der Waals surface area contributed by atoms with Gasteiger partial charge in [-0.05, 0) is 18.2 Å². The van der Waals surface area contributed by atoms with Crippen LogP contribution in [0.4, 0.5) is 5.69 Å². The van der Waals surface area contributed by atoms with E-state index in [-0.39, 0.29) is 12.5 Å². The van der Waals surface area contributed by atoms with Gasteiger partial charge in [-0.2, -0.15) is 0 Å². The molecular formula is C13H15ClN2O4. The van der Waals surface area contributed by atoms with Gasteiger partial charge in [-0.25, -0.2) is 4.79 Å². The van der Waals surface area contributed by atoms with Crippen LogP contribution in [0.3, 0.4) is 0 Å². The molecular weight excluding hydrogens is 284 g/mol. The molecule has 1 atom stereocenters.